The van der Waals surface area contributed by atoms with Gasteiger partial charge in [-0.3, -0.25) is 4.98 Å². The molecule has 84 valence electrons. The monoisotopic (exact) mass is 242 g/mol. The molecule has 0 radical (unpaired) electrons. The third-order valence-electron chi connectivity index (χ3n) is 2.87. The molecule has 2 nitrogen and oxygen atoms in total. The fourth-order valence-electron chi connectivity index (χ4n) is 1.95. The van der Waals surface area contributed by atoms with Gasteiger partial charge in [0.15, 0.2) is 0 Å². The van der Waals surface area contributed by atoms with Crippen molar-refractivity contribution >= 4 is 22.5 Å². The lowest BCUT2D eigenvalue weighted by atomic mass is 10.1. The molecule has 0 saturated heterocycles. The Kier molecular flexibility index (Phi) is 2.37. The van der Waals surface area contributed by atoms with Crippen LogP contribution in [0.25, 0.3) is 22.2 Å². The number of nitrogens with one attached hydrogen (secondary N) is 1. The van der Waals surface area contributed by atoms with Crippen LogP contribution in [0.15, 0.2) is 42.7 Å². The Morgan fingerprint density at radius 3 is 2.88 bits per heavy atom. The van der Waals surface area contributed by atoms with Gasteiger partial charge in [-0.15, -0.1) is 0 Å². The fraction of sp³-hybridized carbons (Fsp3) is 0.0714. The van der Waals surface area contributed by atoms with Crippen molar-refractivity contribution in [1.82, 2.24) is 9.97 Å². The van der Waals surface area contributed by atoms with Gasteiger partial charge in [0.2, 0.25) is 0 Å². The van der Waals surface area contributed by atoms with E-state index in [1.165, 1.54) is 5.39 Å². The molecule has 0 atom stereocenters. The minimum Gasteiger partial charge on any atom is -0.354 e. The van der Waals surface area contributed by atoms with Crippen LogP contribution in [-0.4, -0.2) is 9.97 Å². The summed E-state index contributed by atoms with van der Waals surface area (Å²) in [6.45, 7) is 2.01. The summed E-state index contributed by atoms with van der Waals surface area (Å²) in [4.78, 5) is 7.48. The van der Waals surface area contributed by atoms with Crippen molar-refractivity contribution < 1.29 is 0 Å². The van der Waals surface area contributed by atoms with E-state index in [-0.39, 0.29) is 0 Å². The van der Waals surface area contributed by atoms with Gasteiger partial charge in [0.05, 0.1) is 0 Å². The Hall–Kier alpha value is -1.80. The van der Waals surface area contributed by atoms with Gasteiger partial charge in [0.25, 0.3) is 0 Å². The maximum absolute atomic E-state index is 6.11. The van der Waals surface area contributed by atoms with Crippen LogP contribution >= 0.6 is 11.6 Å². The normalized spacial score (nSPS) is 10.9. The molecule has 0 aliphatic rings. The molecule has 3 rings (SSSR count). The number of rotatable bonds is 1. The van der Waals surface area contributed by atoms with Crippen LogP contribution in [0.5, 0.6) is 0 Å². The molecular weight excluding hydrogens is 232 g/mol. The van der Waals surface area contributed by atoms with E-state index in [0.717, 1.165) is 27.4 Å². The van der Waals surface area contributed by atoms with Crippen molar-refractivity contribution in [3.05, 3.63) is 53.3 Å². The number of benzene rings is 1. The number of H-pyrrole nitrogens is 1. The highest BCUT2D eigenvalue weighted by atomic mass is 35.5. The van der Waals surface area contributed by atoms with Gasteiger partial charge < -0.3 is 4.98 Å². The Labute approximate surface area is 104 Å². The number of hydrogen-bond acceptors (Lipinski definition) is 1. The van der Waals surface area contributed by atoms with Crippen LogP contribution < -0.4 is 0 Å². The van der Waals surface area contributed by atoms with Gasteiger partial charge in [-0.2, -0.15) is 0 Å². The summed E-state index contributed by atoms with van der Waals surface area (Å²) in [5, 5.41) is 1.96. The van der Waals surface area contributed by atoms with Crippen molar-refractivity contribution in [2.24, 2.45) is 0 Å². The quantitative estimate of drug-likeness (QED) is 0.681. The highest BCUT2D eigenvalue weighted by Crippen LogP contribution is 2.27. The molecule has 2 heterocycles. The minimum atomic E-state index is 0.789. The van der Waals surface area contributed by atoms with E-state index >= 15 is 0 Å². The molecule has 0 spiro atoms. The average Bonchev–Trinajstić information content (AvgIpc) is 2.74. The molecule has 0 unspecified atom stereocenters. The molecule has 2 aromatic heterocycles. The first kappa shape index (κ1) is 10.4. The van der Waals surface area contributed by atoms with Gasteiger partial charge in [-0.05, 0) is 42.8 Å². The predicted molar refractivity (Wildman–Crippen MR) is 71.3 cm³/mol. The molecule has 3 heteroatoms. The average molecular weight is 243 g/mol. The Morgan fingerprint density at radius 1 is 1.24 bits per heavy atom. The predicted octanol–water partition coefficient (Wildman–Crippen LogP) is 4.19. The molecule has 0 amide bonds. The summed E-state index contributed by atoms with van der Waals surface area (Å²) in [5.41, 5.74) is 4.29. The maximum Gasteiger partial charge on any atom is 0.0480 e. The highest BCUT2D eigenvalue weighted by molar-refractivity contribution is 6.32. The largest absolute Gasteiger partial charge is 0.354 e. The zero-order valence-corrected chi connectivity index (χ0v) is 10.1. The van der Waals surface area contributed by atoms with Crippen molar-refractivity contribution in [2.75, 3.05) is 0 Å². The van der Waals surface area contributed by atoms with Gasteiger partial charge in [0, 0.05) is 39.6 Å². The second-order valence-corrected chi connectivity index (χ2v) is 4.52. The Bertz CT molecular complexity index is 632. The molecule has 0 bridgehead atoms. The van der Waals surface area contributed by atoms with Crippen LogP contribution in [0.2, 0.25) is 5.02 Å². The third kappa shape index (κ3) is 1.81. The van der Waals surface area contributed by atoms with E-state index in [1.807, 2.05) is 31.3 Å². The lowest BCUT2D eigenvalue weighted by molar-refractivity contribution is 1.31. The fourth-order valence-corrected chi connectivity index (χ4v) is 2.11. The summed E-state index contributed by atoms with van der Waals surface area (Å²) in [5.74, 6) is 0. The molecule has 0 aliphatic heterocycles. The number of halogens is 1. The number of aryl methyl sites for hydroxylation is 1. The minimum absolute atomic E-state index is 0.789. The van der Waals surface area contributed by atoms with E-state index in [0.29, 0.717) is 0 Å². The van der Waals surface area contributed by atoms with Gasteiger partial charge in [-0.25, -0.2) is 0 Å². The molecular formula is C14H11ClN2. The van der Waals surface area contributed by atoms with E-state index in [1.54, 1.807) is 6.20 Å². The number of pyridine rings is 1. The molecule has 1 N–H and O–H groups in total. The number of hydrogen-bond donors (Lipinski definition) is 1. The van der Waals surface area contributed by atoms with E-state index in [9.17, 15) is 0 Å². The van der Waals surface area contributed by atoms with E-state index < -0.39 is 0 Å². The number of nitrogens with zero attached hydrogens (tertiary/aromatic N) is 1. The van der Waals surface area contributed by atoms with Crippen LogP contribution in [0.3, 0.4) is 0 Å². The SMILES string of the molecule is Cc1cc2cc(-c3cccnc3)[nH]c2cc1Cl. The molecule has 0 aliphatic carbocycles. The molecule has 0 fully saturated rings. The van der Waals surface area contributed by atoms with Gasteiger partial charge in [0.1, 0.15) is 0 Å². The van der Waals surface area contributed by atoms with Crippen molar-refractivity contribution in [2.45, 2.75) is 6.92 Å². The van der Waals surface area contributed by atoms with Crippen LogP contribution in [0.1, 0.15) is 5.56 Å². The molecule has 3 aromatic rings. The van der Waals surface area contributed by atoms with E-state index in [4.69, 9.17) is 11.6 Å². The Morgan fingerprint density at radius 2 is 2.12 bits per heavy atom. The van der Waals surface area contributed by atoms with Crippen molar-refractivity contribution in [3.8, 4) is 11.3 Å². The van der Waals surface area contributed by atoms with E-state index in [2.05, 4.69) is 22.1 Å². The first-order chi connectivity index (χ1) is 8.24. The number of fused-ring (bicyclic) bond motifs is 1. The summed E-state index contributed by atoms with van der Waals surface area (Å²) >= 11 is 6.11. The summed E-state index contributed by atoms with van der Waals surface area (Å²) < 4.78 is 0. The zero-order chi connectivity index (χ0) is 11.8. The van der Waals surface area contributed by atoms with Crippen LogP contribution in [0, 0.1) is 6.92 Å². The van der Waals surface area contributed by atoms with Gasteiger partial charge in [-0.1, -0.05) is 11.6 Å². The highest BCUT2D eigenvalue weighted by Gasteiger charge is 2.05. The first-order valence-electron chi connectivity index (χ1n) is 5.43. The van der Waals surface area contributed by atoms with Crippen LogP contribution in [-0.2, 0) is 0 Å². The van der Waals surface area contributed by atoms with Crippen molar-refractivity contribution in [3.63, 3.8) is 0 Å². The number of aromatic nitrogens is 2. The van der Waals surface area contributed by atoms with Crippen molar-refractivity contribution in [1.29, 1.82) is 0 Å². The molecule has 1 aromatic carbocycles. The standard InChI is InChI=1S/C14H11ClN2/c1-9-5-11-6-13(10-3-2-4-16-8-10)17-14(11)7-12(9)15/h2-8,17H,1H3. The number of aromatic amines is 1. The zero-order valence-electron chi connectivity index (χ0n) is 9.37. The molecule has 0 saturated carbocycles. The summed E-state index contributed by atoms with van der Waals surface area (Å²) in [7, 11) is 0. The second-order valence-electron chi connectivity index (χ2n) is 4.11. The lowest BCUT2D eigenvalue weighted by Gasteiger charge is -1.96. The maximum atomic E-state index is 6.11. The Balaban J connectivity index is 2.21. The van der Waals surface area contributed by atoms with Gasteiger partial charge >= 0.3 is 0 Å². The summed E-state index contributed by atoms with van der Waals surface area (Å²) in [6, 6.07) is 10.1. The second kappa shape index (κ2) is 3.90. The first-order valence-corrected chi connectivity index (χ1v) is 5.81. The van der Waals surface area contributed by atoms with Crippen LogP contribution in [0.4, 0.5) is 0 Å². The lowest BCUT2D eigenvalue weighted by Crippen LogP contribution is -1.77. The smallest absolute Gasteiger partial charge is 0.0480 e. The summed E-state index contributed by atoms with van der Waals surface area (Å²) in [6.07, 6.45) is 3.62. The third-order valence-corrected chi connectivity index (χ3v) is 3.28. The topological polar surface area (TPSA) is 28.7 Å². The molecule has 17 heavy (non-hydrogen) atoms.